The summed E-state index contributed by atoms with van der Waals surface area (Å²) in [5.41, 5.74) is 2.82. The summed E-state index contributed by atoms with van der Waals surface area (Å²) in [7, 11) is 0. The molecular formula is C16H24N2O2S. The Morgan fingerprint density at radius 3 is 2.95 bits per heavy atom. The molecular weight excluding hydrogens is 284 g/mol. The molecule has 0 saturated carbocycles. The molecule has 0 unspecified atom stereocenters. The van der Waals surface area contributed by atoms with E-state index >= 15 is 0 Å². The number of nitrogens with zero attached hydrogens (tertiary/aromatic N) is 1. The van der Waals surface area contributed by atoms with Crippen molar-refractivity contribution in [1.82, 2.24) is 10.2 Å². The lowest BCUT2D eigenvalue weighted by molar-refractivity contribution is -0.129. The van der Waals surface area contributed by atoms with E-state index in [0.717, 1.165) is 31.8 Å². The predicted molar refractivity (Wildman–Crippen MR) is 87.4 cm³/mol. The second-order valence-electron chi connectivity index (χ2n) is 5.38. The van der Waals surface area contributed by atoms with Gasteiger partial charge in [0.15, 0.2) is 0 Å². The van der Waals surface area contributed by atoms with Crippen LogP contribution in [0.2, 0.25) is 0 Å². The molecule has 5 heteroatoms. The van der Waals surface area contributed by atoms with E-state index in [9.17, 15) is 9.90 Å². The average molecular weight is 308 g/mol. The van der Waals surface area contributed by atoms with Crippen molar-refractivity contribution in [2.75, 3.05) is 31.6 Å². The monoisotopic (exact) mass is 308 g/mol. The van der Waals surface area contributed by atoms with Gasteiger partial charge in [-0.05, 0) is 36.0 Å². The van der Waals surface area contributed by atoms with E-state index in [1.54, 1.807) is 11.8 Å². The predicted octanol–water partition coefficient (Wildman–Crippen LogP) is 1.27. The van der Waals surface area contributed by atoms with E-state index in [-0.39, 0.29) is 5.91 Å². The van der Waals surface area contributed by atoms with Crippen LogP contribution in [-0.2, 0) is 17.8 Å². The lowest BCUT2D eigenvalue weighted by Gasteiger charge is -2.28. The summed E-state index contributed by atoms with van der Waals surface area (Å²) in [6.45, 7) is 3.40. The molecule has 116 valence electrons. The molecule has 21 heavy (non-hydrogen) atoms. The Morgan fingerprint density at radius 1 is 1.43 bits per heavy atom. The van der Waals surface area contributed by atoms with Gasteiger partial charge in [-0.3, -0.25) is 9.69 Å². The maximum atomic E-state index is 11.7. The average Bonchev–Trinajstić information content (AvgIpc) is 2.52. The van der Waals surface area contributed by atoms with Crippen LogP contribution < -0.4 is 5.32 Å². The molecule has 2 N–H and O–H groups in total. The number of aliphatic hydroxyl groups is 1. The molecule has 0 saturated heterocycles. The van der Waals surface area contributed by atoms with Crippen molar-refractivity contribution in [2.24, 2.45) is 0 Å². The Morgan fingerprint density at radius 2 is 2.19 bits per heavy atom. The van der Waals surface area contributed by atoms with Gasteiger partial charge in [0.1, 0.15) is 6.10 Å². The number of hydrogen-bond donors (Lipinski definition) is 2. The van der Waals surface area contributed by atoms with Crippen LogP contribution >= 0.6 is 11.8 Å². The van der Waals surface area contributed by atoms with Crippen LogP contribution in [0.25, 0.3) is 0 Å². The van der Waals surface area contributed by atoms with Crippen molar-refractivity contribution in [3.05, 3.63) is 35.4 Å². The topological polar surface area (TPSA) is 52.6 Å². The first-order valence-corrected chi connectivity index (χ1v) is 8.84. The van der Waals surface area contributed by atoms with E-state index < -0.39 is 6.10 Å². The first-order valence-electron chi connectivity index (χ1n) is 7.44. The Kier molecular flexibility index (Phi) is 6.54. The van der Waals surface area contributed by atoms with Crippen molar-refractivity contribution in [3.63, 3.8) is 0 Å². The van der Waals surface area contributed by atoms with Gasteiger partial charge in [-0.2, -0.15) is 11.8 Å². The van der Waals surface area contributed by atoms with Crippen molar-refractivity contribution >= 4 is 17.7 Å². The quantitative estimate of drug-likeness (QED) is 0.797. The van der Waals surface area contributed by atoms with Gasteiger partial charge in [-0.15, -0.1) is 0 Å². The van der Waals surface area contributed by atoms with Gasteiger partial charge in [0.25, 0.3) is 0 Å². The molecule has 4 nitrogen and oxygen atoms in total. The number of thioether (sulfide) groups is 1. The summed E-state index contributed by atoms with van der Waals surface area (Å²) in [6, 6.07) is 8.53. The fourth-order valence-corrected chi connectivity index (χ4v) is 3.02. The van der Waals surface area contributed by atoms with E-state index in [4.69, 9.17) is 0 Å². The first kappa shape index (κ1) is 16.3. The summed E-state index contributed by atoms with van der Waals surface area (Å²) in [6.07, 6.45) is 2.68. The third kappa shape index (κ3) is 5.02. The molecule has 1 atom stereocenters. The largest absolute Gasteiger partial charge is 0.383 e. The summed E-state index contributed by atoms with van der Waals surface area (Å²) in [5, 5.41) is 12.5. The number of hydrogen-bond acceptors (Lipinski definition) is 4. The molecule has 0 fully saturated rings. The van der Waals surface area contributed by atoms with E-state index in [1.165, 1.54) is 11.1 Å². The van der Waals surface area contributed by atoms with Gasteiger partial charge < -0.3 is 10.4 Å². The molecule has 0 aromatic heterocycles. The second-order valence-corrected chi connectivity index (χ2v) is 6.37. The summed E-state index contributed by atoms with van der Waals surface area (Å²) in [4.78, 5) is 14.0. The van der Waals surface area contributed by atoms with Gasteiger partial charge in [0.05, 0.1) is 0 Å². The molecule has 1 heterocycles. The molecule has 1 aliphatic heterocycles. The van der Waals surface area contributed by atoms with Crippen molar-refractivity contribution in [3.8, 4) is 0 Å². The van der Waals surface area contributed by atoms with E-state index in [2.05, 4.69) is 34.5 Å². The number of carbonyl (C=O) groups excluding carboxylic acids is 1. The Labute approximate surface area is 130 Å². The van der Waals surface area contributed by atoms with Crippen molar-refractivity contribution in [2.45, 2.75) is 25.5 Å². The molecule has 1 aromatic carbocycles. The number of fused-ring (bicyclic) bond motifs is 1. The van der Waals surface area contributed by atoms with Crippen LogP contribution in [0.3, 0.4) is 0 Å². The standard InChI is InChI=1S/C16H24N2O2S/c1-21-11-7-15(19)16(20)17-8-10-18-9-6-13-4-2-3-5-14(13)12-18/h2-5,15,19H,6-12H2,1H3,(H,17,20)/t15-/m1/s1. The zero-order chi connectivity index (χ0) is 15.1. The minimum atomic E-state index is -0.875. The number of benzene rings is 1. The molecule has 1 aliphatic rings. The lowest BCUT2D eigenvalue weighted by atomic mass is 10.00. The number of nitrogens with one attached hydrogen (secondary N) is 1. The first-order chi connectivity index (χ1) is 10.2. The SMILES string of the molecule is CSCC[C@@H](O)C(=O)NCCN1CCc2ccccc2C1. The van der Waals surface area contributed by atoms with Crippen molar-refractivity contribution in [1.29, 1.82) is 0 Å². The van der Waals surface area contributed by atoms with Gasteiger partial charge in [-0.1, -0.05) is 24.3 Å². The Hall–Kier alpha value is -1.04. The number of aliphatic hydroxyl groups excluding tert-OH is 1. The van der Waals surface area contributed by atoms with Gasteiger partial charge in [0, 0.05) is 26.2 Å². The van der Waals surface area contributed by atoms with Crippen LogP contribution in [0.5, 0.6) is 0 Å². The minimum Gasteiger partial charge on any atom is -0.383 e. The Balaban J connectivity index is 1.69. The summed E-state index contributed by atoms with van der Waals surface area (Å²) >= 11 is 1.64. The third-order valence-corrected chi connectivity index (χ3v) is 4.48. The molecule has 1 amide bonds. The normalized spacial score (nSPS) is 16.3. The highest BCUT2D eigenvalue weighted by atomic mass is 32.2. The molecule has 0 bridgehead atoms. The smallest absolute Gasteiger partial charge is 0.248 e. The highest BCUT2D eigenvalue weighted by Gasteiger charge is 2.17. The highest BCUT2D eigenvalue weighted by Crippen LogP contribution is 2.17. The second kappa shape index (κ2) is 8.41. The zero-order valence-corrected chi connectivity index (χ0v) is 13.4. The molecule has 2 rings (SSSR count). The molecule has 1 aromatic rings. The lowest BCUT2D eigenvalue weighted by Crippen LogP contribution is -2.41. The number of carbonyl (C=O) groups is 1. The molecule has 0 aliphatic carbocycles. The zero-order valence-electron chi connectivity index (χ0n) is 12.5. The van der Waals surface area contributed by atoms with Gasteiger partial charge in [-0.25, -0.2) is 0 Å². The maximum Gasteiger partial charge on any atom is 0.248 e. The van der Waals surface area contributed by atoms with Gasteiger partial charge >= 0.3 is 0 Å². The summed E-state index contributed by atoms with van der Waals surface area (Å²) < 4.78 is 0. The molecule has 0 spiro atoms. The Bertz CT molecular complexity index is 467. The van der Waals surface area contributed by atoms with Crippen LogP contribution in [0.15, 0.2) is 24.3 Å². The number of amides is 1. The van der Waals surface area contributed by atoms with Crippen LogP contribution in [0, 0.1) is 0 Å². The minimum absolute atomic E-state index is 0.249. The van der Waals surface area contributed by atoms with Crippen LogP contribution in [0.1, 0.15) is 17.5 Å². The van der Waals surface area contributed by atoms with Crippen LogP contribution in [0.4, 0.5) is 0 Å². The van der Waals surface area contributed by atoms with E-state index in [0.29, 0.717) is 13.0 Å². The fourth-order valence-electron chi connectivity index (χ4n) is 2.56. The fraction of sp³-hybridized carbons (Fsp3) is 0.562. The third-order valence-electron chi connectivity index (χ3n) is 3.84. The van der Waals surface area contributed by atoms with Crippen molar-refractivity contribution < 1.29 is 9.90 Å². The number of rotatable bonds is 7. The maximum absolute atomic E-state index is 11.7. The summed E-state index contributed by atoms with van der Waals surface area (Å²) in [5.74, 6) is 0.554. The van der Waals surface area contributed by atoms with Gasteiger partial charge in [0.2, 0.25) is 5.91 Å². The van der Waals surface area contributed by atoms with Crippen LogP contribution in [-0.4, -0.2) is 53.7 Å². The van der Waals surface area contributed by atoms with E-state index in [1.807, 2.05) is 6.26 Å². The molecule has 0 radical (unpaired) electrons. The highest BCUT2D eigenvalue weighted by molar-refractivity contribution is 7.98.